The summed E-state index contributed by atoms with van der Waals surface area (Å²) in [5, 5.41) is 0. The zero-order chi connectivity index (χ0) is 14.8. The molecule has 88 valence electrons. The van der Waals surface area contributed by atoms with Crippen LogP contribution in [0.1, 0.15) is 20.0 Å². The third-order valence-corrected chi connectivity index (χ3v) is 1.68. The molecule has 0 bridgehead atoms. The summed E-state index contributed by atoms with van der Waals surface area (Å²) in [5.74, 6) is -1.93. The fourth-order valence-corrected chi connectivity index (χ4v) is 0.945. The SMILES string of the molecule is [2H]C([2H])([2H])Oc1ncc(C(F)(F)F)cc1C(=O)OC. The Morgan fingerprint density at radius 3 is 2.75 bits per heavy atom. The smallest absolute Gasteiger partial charge is 0.417 e. The molecule has 1 aromatic rings. The topological polar surface area (TPSA) is 48.4 Å². The molecule has 0 fully saturated rings. The highest BCUT2D eigenvalue weighted by Gasteiger charge is 2.32. The average Bonchev–Trinajstić information content (AvgIpc) is 2.25. The van der Waals surface area contributed by atoms with Crippen molar-refractivity contribution in [3.05, 3.63) is 23.4 Å². The van der Waals surface area contributed by atoms with E-state index in [4.69, 9.17) is 4.11 Å². The van der Waals surface area contributed by atoms with Crippen LogP contribution in [0.5, 0.6) is 5.88 Å². The molecule has 0 radical (unpaired) electrons. The molecular formula is C9H8F3NO3. The van der Waals surface area contributed by atoms with E-state index in [1.165, 1.54) is 0 Å². The van der Waals surface area contributed by atoms with Crippen molar-refractivity contribution in [1.29, 1.82) is 0 Å². The van der Waals surface area contributed by atoms with Crippen LogP contribution in [0.2, 0.25) is 0 Å². The van der Waals surface area contributed by atoms with E-state index in [0.29, 0.717) is 12.3 Å². The number of ether oxygens (including phenoxy) is 2. The molecular weight excluding hydrogens is 227 g/mol. The van der Waals surface area contributed by atoms with Gasteiger partial charge in [-0.2, -0.15) is 13.2 Å². The summed E-state index contributed by atoms with van der Waals surface area (Å²) in [6.07, 6.45) is -4.36. The Morgan fingerprint density at radius 1 is 1.56 bits per heavy atom. The summed E-state index contributed by atoms with van der Waals surface area (Å²) in [6.45, 7) is 0. The van der Waals surface area contributed by atoms with Crippen LogP contribution in [0.3, 0.4) is 0 Å². The highest BCUT2D eigenvalue weighted by atomic mass is 19.4. The second-order valence-electron chi connectivity index (χ2n) is 2.67. The van der Waals surface area contributed by atoms with Crippen LogP contribution in [0.15, 0.2) is 12.3 Å². The fraction of sp³-hybridized carbons (Fsp3) is 0.333. The number of esters is 1. The first kappa shape index (κ1) is 8.37. The van der Waals surface area contributed by atoms with Gasteiger partial charge >= 0.3 is 12.1 Å². The number of pyridine rings is 1. The lowest BCUT2D eigenvalue weighted by Crippen LogP contribution is -2.11. The van der Waals surface area contributed by atoms with Crippen molar-refractivity contribution in [3.8, 4) is 5.88 Å². The van der Waals surface area contributed by atoms with Crippen molar-refractivity contribution < 1.29 is 31.6 Å². The van der Waals surface area contributed by atoms with Crippen LogP contribution in [-0.2, 0) is 10.9 Å². The third-order valence-electron chi connectivity index (χ3n) is 1.68. The van der Waals surface area contributed by atoms with Crippen molar-refractivity contribution in [3.63, 3.8) is 0 Å². The Balaban J connectivity index is 3.29. The van der Waals surface area contributed by atoms with Crippen LogP contribution < -0.4 is 4.74 Å². The maximum absolute atomic E-state index is 12.5. The largest absolute Gasteiger partial charge is 0.480 e. The first-order valence-corrected chi connectivity index (χ1v) is 3.89. The molecule has 0 saturated heterocycles. The molecule has 1 rings (SSSR count). The number of alkyl halides is 3. The molecule has 0 N–H and O–H groups in total. The molecule has 0 atom stereocenters. The van der Waals surface area contributed by atoms with Crippen molar-refractivity contribution in [2.75, 3.05) is 14.1 Å². The molecule has 0 unspecified atom stereocenters. The van der Waals surface area contributed by atoms with Crippen LogP contribution in [0.4, 0.5) is 13.2 Å². The summed E-state index contributed by atoms with van der Waals surface area (Å²) in [6, 6.07) is 0.417. The zero-order valence-electron chi connectivity index (χ0n) is 11.0. The van der Waals surface area contributed by atoms with Gasteiger partial charge in [-0.05, 0) is 6.07 Å². The van der Waals surface area contributed by atoms with Gasteiger partial charge in [-0.3, -0.25) is 0 Å². The van der Waals surface area contributed by atoms with Crippen molar-refractivity contribution in [2.45, 2.75) is 6.18 Å². The number of carbonyl (C=O) groups excluding carboxylic acids is 1. The molecule has 0 spiro atoms. The maximum Gasteiger partial charge on any atom is 0.417 e. The molecule has 0 aliphatic heterocycles. The van der Waals surface area contributed by atoms with Gasteiger partial charge in [0.15, 0.2) is 0 Å². The van der Waals surface area contributed by atoms with Crippen LogP contribution in [-0.4, -0.2) is 25.1 Å². The van der Waals surface area contributed by atoms with E-state index in [1.807, 2.05) is 0 Å². The Bertz CT molecular complexity index is 488. The number of hydrogen-bond donors (Lipinski definition) is 0. The Hall–Kier alpha value is -1.79. The summed E-state index contributed by atoms with van der Waals surface area (Å²) < 4.78 is 66.5. The molecule has 0 aromatic carbocycles. The zero-order valence-corrected chi connectivity index (χ0v) is 7.96. The number of rotatable bonds is 2. The average molecular weight is 238 g/mol. The summed E-state index contributed by atoms with van der Waals surface area (Å²) in [7, 11) is -2.02. The molecule has 0 saturated carbocycles. The summed E-state index contributed by atoms with van der Waals surface area (Å²) in [5.41, 5.74) is -1.93. The van der Waals surface area contributed by atoms with Gasteiger partial charge in [-0.15, -0.1) is 0 Å². The highest BCUT2D eigenvalue weighted by Crippen LogP contribution is 2.31. The molecule has 7 heteroatoms. The molecule has 1 aromatic heterocycles. The van der Waals surface area contributed by atoms with Crippen molar-refractivity contribution in [1.82, 2.24) is 4.98 Å². The monoisotopic (exact) mass is 238 g/mol. The predicted molar refractivity (Wildman–Crippen MR) is 47.1 cm³/mol. The normalized spacial score (nSPS) is 14.6. The lowest BCUT2D eigenvalue weighted by atomic mass is 10.2. The minimum Gasteiger partial charge on any atom is -0.480 e. The second kappa shape index (κ2) is 4.38. The standard InChI is InChI=1S/C9H8F3NO3/c1-15-7-6(8(14)16-2)3-5(4-13-7)9(10,11)12/h3-4H,1-2H3/i1D3. The maximum atomic E-state index is 12.5. The lowest BCUT2D eigenvalue weighted by molar-refractivity contribution is -0.137. The van der Waals surface area contributed by atoms with E-state index in [-0.39, 0.29) is 0 Å². The van der Waals surface area contributed by atoms with Gasteiger partial charge in [0.1, 0.15) is 5.56 Å². The van der Waals surface area contributed by atoms with Crippen molar-refractivity contribution in [2.24, 2.45) is 0 Å². The number of methoxy groups -OCH3 is 2. The number of hydrogen-bond acceptors (Lipinski definition) is 4. The minimum absolute atomic E-state index is 0.369. The molecule has 1 heterocycles. The van der Waals surface area contributed by atoms with Gasteiger partial charge in [-0.1, -0.05) is 0 Å². The van der Waals surface area contributed by atoms with Crippen LogP contribution in [0.25, 0.3) is 0 Å². The Morgan fingerprint density at radius 2 is 2.25 bits per heavy atom. The molecule has 16 heavy (non-hydrogen) atoms. The minimum atomic E-state index is -4.73. The van der Waals surface area contributed by atoms with Gasteiger partial charge in [0, 0.05) is 6.20 Å². The van der Waals surface area contributed by atoms with Gasteiger partial charge in [-0.25, -0.2) is 9.78 Å². The summed E-state index contributed by atoms with van der Waals surface area (Å²) >= 11 is 0. The Labute approximate surface area is 93.2 Å². The number of carbonyl (C=O) groups is 1. The van der Waals surface area contributed by atoms with Crippen LogP contribution >= 0.6 is 0 Å². The second-order valence-corrected chi connectivity index (χ2v) is 2.67. The van der Waals surface area contributed by atoms with E-state index in [0.717, 1.165) is 7.11 Å². The molecule has 0 aliphatic carbocycles. The van der Waals surface area contributed by atoms with Gasteiger partial charge < -0.3 is 9.47 Å². The third kappa shape index (κ3) is 2.41. The number of nitrogens with zero attached hydrogens (tertiary/aromatic N) is 1. The van der Waals surface area contributed by atoms with E-state index in [2.05, 4.69) is 14.5 Å². The fourth-order valence-electron chi connectivity index (χ4n) is 0.945. The van der Waals surface area contributed by atoms with Gasteiger partial charge in [0.05, 0.1) is 23.8 Å². The molecule has 0 aliphatic rings. The van der Waals surface area contributed by atoms with Gasteiger partial charge in [0.25, 0.3) is 0 Å². The van der Waals surface area contributed by atoms with E-state index in [1.54, 1.807) is 0 Å². The van der Waals surface area contributed by atoms with Gasteiger partial charge in [0.2, 0.25) is 5.88 Å². The highest BCUT2D eigenvalue weighted by molar-refractivity contribution is 5.91. The first-order valence-electron chi connectivity index (χ1n) is 5.39. The predicted octanol–water partition coefficient (Wildman–Crippen LogP) is 1.90. The number of aromatic nitrogens is 1. The van der Waals surface area contributed by atoms with E-state index in [9.17, 15) is 18.0 Å². The Kier molecular flexibility index (Phi) is 2.29. The van der Waals surface area contributed by atoms with Crippen LogP contribution in [0, 0.1) is 0 Å². The van der Waals surface area contributed by atoms with E-state index >= 15 is 0 Å². The molecule has 4 nitrogen and oxygen atoms in total. The number of halogens is 3. The quantitative estimate of drug-likeness (QED) is 0.738. The summed E-state index contributed by atoms with van der Waals surface area (Å²) in [4.78, 5) is 14.5. The van der Waals surface area contributed by atoms with Crippen molar-refractivity contribution >= 4 is 5.97 Å². The molecule has 0 amide bonds. The first-order chi connectivity index (χ1) is 8.54. The van der Waals surface area contributed by atoms with E-state index < -0.39 is 36.2 Å². The lowest BCUT2D eigenvalue weighted by Gasteiger charge is -2.10.